The van der Waals surface area contributed by atoms with E-state index < -0.39 is 0 Å². The molecule has 5 heterocycles. The molecule has 0 radical (unpaired) electrons. The third kappa shape index (κ3) is 7.43. The molecule has 4 aromatic rings. The first kappa shape index (κ1) is 34.6. The van der Waals surface area contributed by atoms with E-state index in [1.54, 1.807) is 26.6 Å². The molecule has 3 aliphatic rings. The van der Waals surface area contributed by atoms with E-state index in [1.807, 2.05) is 36.4 Å². The molecule has 3 fully saturated rings. The molecule has 7 rings (SSSR count). The zero-order valence-corrected chi connectivity index (χ0v) is 29.8. The topological polar surface area (TPSA) is 115 Å². The molecule has 0 spiro atoms. The highest BCUT2D eigenvalue weighted by Gasteiger charge is 2.33. The van der Waals surface area contributed by atoms with Crippen molar-refractivity contribution in [3.63, 3.8) is 0 Å². The Bertz CT molecular complexity index is 1850. The molecule has 0 saturated carbocycles. The molecule has 1 N–H and O–H groups in total. The largest absolute Gasteiger partial charge is 0.480 e. The summed E-state index contributed by atoms with van der Waals surface area (Å²) in [7, 11) is 3.21. The molecule has 13 heteroatoms. The molecular weight excluding hydrogens is 677 g/mol. The highest BCUT2D eigenvalue weighted by Crippen LogP contribution is 2.42. The minimum Gasteiger partial charge on any atom is -0.480 e. The zero-order chi connectivity index (χ0) is 34.6. The van der Waals surface area contributed by atoms with Gasteiger partial charge in [0.25, 0.3) is 0 Å². The summed E-state index contributed by atoms with van der Waals surface area (Å²) < 4.78 is 16.8. The Morgan fingerprint density at radius 3 is 2.02 bits per heavy atom. The van der Waals surface area contributed by atoms with Crippen LogP contribution in [0.2, 0.25) is 10.0 Å². The molecule has 0 aliphatic carbocycles. The van der Waals surface area contributed by atoms with Gasteiger partial charge in [0.15, 0.2) is 0 Å². The average molecular weight is 719 g/mol. The first-order valence-electron chi connectivity index (χ1n) is 17.1. The van der Waals surface area contributed by atoms with Gasteiger partial charge >= 0.3 is 0 Å². The smallest absolute Gasteiger partial charge is 0.237 e. The quantitative estimate of drug-likeness (QED) is 0.196. The molecule has 3 aliphatic heterocycles. The fraction of sp³-hybridized carbons (Fsp3) is 0.432. The fourth-order valence-electron chi connectivity index (χ4n) is 7.00. The lowest BCUT2D eigenvalue weighted by Crippen LogP contribution is -2.60. The maximum absolute atomic E-state index is 11.5. The zero-order valence-electron chi connectivity index (χ0n) is 28.3. The minimum absolute atomic E-state index is 0.127. The summed E-state index contributed by atoms with van der Waals surface area (Å²) in [5, 5.41) is 4.02. The maximum atomic E-state index is 11.5. The second-order valence-electron chi connectivity index (χ2n) is 12.9. The lowest BCUT2D eigenvalue weighted by atomic mass is 9.98. The van der Waals surface area contributed by atoms with E-state index >= 15 is 0 Å². The standard InChI is InChI=1S/C37H41Cl2N7O4/c1-48-36-29(11-3-6-23-12-13-33(47)42-23)40-18-30(43-36)27-9-4-7-25(34(27)38)26-8-5-10-28(35(26)39)31-19-41-32(37(44-31)49-2)22-45-20-24(21-45)46-14-16-50-17-15-46/h4-5,7-10,18-19,23-24H,3,6,11-17,20-22H2,1-2H3,(H,42,47)/t23-/m1/s1. The number of carbonyl (C=O) groups excluding carboxylic acids is 1. The van der Waals surface area contributed by atoms with E-state index in [1.165, 1.54) is 0 Å². The van der Waals surface area contributed by atoms with Gasteiger partial charge in [-0.25, -0.2) is 9.97 Å². The summed E-state index contributed by atoms with van der Waals surface area (Å²) in [6, 6.07) is 12.3. The second kappa shape index (κ2) is 15.6. The molecule has 0 bridgehead atoms. The van der Waals surface area contributed by atoms with Gasteiger partial charge in [-0.2, -0.15) is 0 Å². The minimum atomic E-state index is 0.127. The van der Waals surface area contributed by atoms with Gasteiger partial charge in [-0.05, 0) is 25.7 Å². The van der Waals surface area contributed by atoms with Crippen LogP contribution < -0.4 is 14.8 Å². The van der Waals surface area contributed by atoms with Crippen molar-refractivity contribution in [2.45, 2.75) is 50.7 Å². The van der Waals surface area contributed by atoms with Crippen LogP contribution in [0.25, 0.3) is 33.6 Å². The van der Waals surface area contributed by atoms with Crippen molar-refractivity contribution in [1.82, 2.24) is 35.1 Å². The van der Waals surface area contributed by atoms with Crippen molar-refractivity contribution in [3.8, 4) is 45.4 Å². The van der Waals surface area contributed by atoms with Crippen LogP contribution >= 0.6 is 23.2 Å². The molecule has 1 atom stereocenters. The Balaban J connectivity index is 1.07. The molecule has 3 saturated heterocycles. The number of ether oxygens (including phenoxy) is 3. The number of methoxy groups -OCH3 is 2. The van der Waals surface area contributed by atoms with Gasteiger partial charge in [0.2, 0.25) is 17.7 Å². The number of morpholine rings is 1. The summed E-state index contributed by atoms with van der Waals surface area (Å²) in [6.07, 6.45) is 7.42. The number of aromatic nitrogens is 4. The highest BCUT2D eigenvalue weighted by atomic mass is 35.5. The number of hydrogen-bond acceptors (Lipinski definition) is 10. The second-order valence-corrected chi connectivity index (χ2v) is 13.7. The summed E-state index contributed by atoms with van der Waals surface area (Å²) in [5.74, 6) is 1.07. The number of benzene rings is 2. The lowest BCUT2D eigenvalue weighted by Gasteiger charge is -2.46. The summed E-state index contributed by atoms with van der Waals surface area (Å²) in [6.45, 7) is 6.25. The van der Waals surface area contributed by atoms with Crippen LogP contribution in [-0.2, 0) is 22.5 Å². The molecule has 262 valence electrons. The van der Waals surface area contributed by atoms with E-state index in [0.29, 0.717) is 64.2 Å². The Kier molecular flexibility index (Phi) is 10.8. The van der Waals surface area contributed by atoms with Gasteiger partial charge in [-0.15, -0.1) is 0 Å². The van der Waals surface area contributed by atoms with Crippen molar-refractivity contribution < 1.29 is 19.0 Å². The van der Waals surface area contributed by atoms with E-state index in [-0.39, 0.29) is 11.9 Å². The van der Waals surface area contributed by atoms with Gasteiger partial charge in [-0.3, -0.25) is 24.6 Å². The Morgan fingerprint density at radius 1 is 0.860 bits per heavy atom. The number of carbonyl (C=O) groups is 1. The van der Waals surface area contributed by atoms with Crippen LogP contribution in [0.3, 0.4) is 0 Å². The number of likely N-dealkylation sites (tertiary alicyclic amines) is 1. The fourth-order valence-corrected chi connectivity index (χ4v) is 7.65. The highest BCUT2D eigenvalue weighted by molar-refractivity contribution is 6.39. The van der Waals surface area contributed by atoms with Gasteiger partial charge in [0, 0.05) is 73.5 Å². The van der Waals surface area contributed by atoms with Gasteiger partial charge in [0.1, 0.15) is 11.4 Å². The van der Waals surface area contributed by atoms with Crippen LogP contribution in [0.5, 0.6) is 11.8 Å². The number of halogens is 2. The van der Waals surface area contributed by atoms with Crippen LogP contribution in [0.4, 0.5) is 0 Å². The van der Waals surface area contributed by atoms with Gasteiger partial charge in [-0.1, -0.05) is 59.6 Å². The van der Waals surface area contributed by atoms with Crippen LogP contribution in [0.15, 0.2) is 48.8 Å². The molecule has 0 unspecified atom stereocenters. The number of hydrogen-bond donors (Lipinski definition) is 1. The number of amides is 1. The molecule has 2 aromatic carbocycles. The monoisotopic (exact) mass is 717 g/mol. The molecule has 11 nitrogen and oxygen atoms in total. The number of rotatable bonds is 12. The third-order valence-corrected chi connectivity index (χ3v) is 10.6. The summed E-state index contributed by atoms with van der Waals surface area (Å²) in [4.78, 5) is 35.5. The van der Waals surface area contributed by atoms with Gasteiger partial charge in [0.05, 0.1) is 61.3 Å². The Labute approximate surface area is 302 Å². The van der Waals surface area contributed by atoms with E-state index in [4.69, 9.17) is 57.3 Å². The predicted molar refractivity (Wildman–Crippen MR) is 193 cm³/mol. The number of nitrogens with zero attached hydrogens (tertiary/aromatic N) is 6. The van der Waals surface area contributed by atoms with E-state index in [0.717, 1.165) is 86.7 Å². The molecule has 2 aromatic heterocycles. The maximum Gasteiger partial charge on any atom is 0.237 e. The van der Waals surface area contributed by atoms with Crippen LogP contribution in [0.1, 0.15) is 37.1 Å². The van der Waals surface area contributed by atoms with Crippen molar-refractivity contribution in [3.05, 3.63) is 70.2 Å². The summed E-state index contributed by atoms with van der Waals surface area (Å²) in [5.41, 5.74) is 5.72. The normalized spacial score (nSPS) is 18.6. The van der Waals surface area contributed by atoms with Crippen molar-refractivity contribution in [2.75, 3.05) is 53.6 Å². The van der Waals surface area contributed by atoms with E-state index in [2.05, 4.69) is 15.1 Å². The number of nitrogens with one attached hydrogen (secondary N) is 1. The van der Waals surface area contributed by atoms with Gasteiger partial charge < -0.3 is 19.5 Å². The van der Waals surface area contributed by atoms with Crippen molar-refractivity contribution in [1.29, 1.82) is 0 Å². The first-order chi connectivity index (χ1) is 24.4. The van der Waals surface area contributed by atoms with E-state index in [9.17, 15) is 4.79 Å². The molecule has 50 heavy (non-hydrogen) atoms. The summed E-state index contributed by atoms with van der Waals surface area (Å²) >= 11 is 14.2. The number of aryl methyl sites for hydroxylation is 1. The SMILES string of the molecule is COc1nc(-c2cccc(-c3cccc(-c4cnc(CN5CC(N6CCOCC6)C5)c(OC)n4)c3Cl)c2Cl)cnc1CCC[C@@H]1CCC(=O)N1. The molecular formula is C37H41Cl2N7O4. The predicted octanol–water partition coefficient (Wildman–Crippen LogP) is 5.71. The molecule has 1 amide bonds. The van der Waals surface area contributed by atoms with Crippen LogP contribution in [0, 0.1) is 0 Å². The third-order valence-electron chi connectivity index (χ3n) is 9.77. The Hall–Kier alpha value is -3.87. The van der Waals surface area contributed by atoms with Crippen molar-refractivity contribution >= 4 is 29.1 Å². The van der Waals surface area contributed by atoms with Crippen LogP contribution in [-0.4, -0.2) is 101 Å². The Morgan fingerprint density at radius 2 is 1.44 bits per heavy atom. The average Bonchev–Trinajstić information content (AvgIpc) is 3.55. The first-order valence-corrected chi connectivity index (χ1v) is 17.9. The lowest BCUT2D eigenvalue weighted by molar-refractivity contribution is -0.119. The van der Waals surface area contributed by atoms with Crippen molar-refractivity contribution in [2.24, 2.45) is 0 Å².